The van der Waals surface area contributed by atoms with E-state index in [1.165, 1.54) is 0 Å². The molecule has 0 aromatic carbocycles. The molecule has 32 heteroatoms. The van der Waals surface area contributed by atoms with Gasteiger partial charge < -0.3 is 54.5 Å². The first-order valence-electron chi connectivity index (χ1n) is 13.6. The number of imidazole rings is 1. The number of aliphatic hydroxyl groups excluding tert-OH is 4. The van der Waals surface area contributed by atoms with Crippen molar-refractivity contribution < 1.29 is 89.7 Å². The highest BCUT2D eigenvalue weighted by atomic mass is 31.3. The molecule has 2 aliphatic rings. The number of phosphoric ester groups is 2. The summed E-state index contributed by atoms with van der Waals surface area (Å²) >= 11 is 0. The maximum absolute atomic E-state index is 12.3. The minimum atomic E-state index is -6.23. The molecule has 2 fully saturated rings. The smallest absolute Gasteiger partial charge is 0.387 e. The summed E-state index contributed by atoms with van der Waals surface area (Å²) in [6, 6.07) is 0.872. The van der Waals surface area contributed by atoms with Gasteiger partial charge in [-0.05, 0) is 0 Å². The molecule has 10 N–H and O–H groups in total. The van der Waals surface area contributed by atoms with Gasteiger partial charge in [0.15, 0.2) is 23.6 Å². The summed E-state index contributed by atoms with van der Waals surface area (Å²) in [6.45, 7) is -2.36. The van der Waals surface area contributed by atoms with Crippen molar-refractivity contribution in [2.75, 3.05) is 13.2 Å². The number of aliphatic hydroxyl groups is 4. The van der Waals surface area contributed by atoms with Crippen LogP contribution in [0, 0.1) is 0 Å². The summed E-state index contributed by atoms with van der Waals surface area (Å²) in [7, 11) is -24.1. The fourth-order valence-electron chi connectivity index (χ4n) is 4.67. The van der Waals surface area contributed by atoms with E-state index >= 15 is 0 Å². The van der Waals surface area contributed by atoms with E-state index in [1.807, 2.05) is 4.98 Å². The maximum Gasteiger partial charge on any atom is 0.490 e. The molecule has 12 atom stereocenters. The Morgan fingerprint density at radius 1 is 0.725 bits per heavy atom. The van der Waals surface area contributed by atoms with Gasteiger partial charge in [0.1, 0.15) is 36.6 Å². The fourth-order valence-corrected chi connectivity index (χ4v) is 9.63. The van der Waals surface area contributed by atoms with Crippen LogP contribution in [0.25, 0.3) is 11.2 Å². The topological polar surface area (TPSA) is 413 Å². The lowest BCUT2D eigenvalue weighted by atomic mass is 10.1. The van der Waals surface area contributed by atoms with E-state index in [2.05, 4.69) is 36.9 Å². The quantitative estimate of drug-likeness (QED) is 0.0703. The Hall–Kier alpha value is -2.65. The zero-order chi connectivity index (χ0) is 37.7. The van der Waals surface area contributed by atoms with Gasteiger partial charge in [0.2, 0.25) is 0 Å². The summed E-state index contributed by atoms with van der Waals surface area (Å²) < 4.78 is 81.7. The minimum Gasteiger partial charge on any atom is -0.387 e. The highest BCUT2D eigenvalue weighted by Crippen LogP contribution is 2.71. The standard InChI is InChI=1S/C19H26N6O22P4/c26-9-1-2-24(19(32)23-9)17-13(29)11(27)7(43-17)3-41-48(33,34)45-50(37,38)47-51(39,40)46-49(35,36)42-4-8-12(28)14(30)18(44-8)25-6-22-10-15(25)20-5-21-16(10)31/h1-2,5-8,11-14,17-18,27-30H,3-4H2,(H,33,34)(H,35,36)(H,37,38)(H,39,40)(H,20,21,31)(H,23,26,32)/t7-,8-,11-,12-,13-,14-,17-,18+/m1/s1. The second kappa shape index (κ2) is 14.6. The first-order chi connectivity index (χ1) is 23.6. The Labute approximate surface area is 279 Å². The van der Waals surface area contributed by atoms with Gasteiger partial charge in [-0.25, -0.2) is 33.0 Å². The Morgan fingerprint density at radius 3 is 1.73 bits per heavy atom. The Bertz CT molecular complexity index is 2140. The average molecular weight is 814 g/mol. The number of nitrogens with zero attached hydrogens (tertiary/aromatic N) is 4. The van der Waals surface area contributed by atoms with Gasteiger partial charge in [0.25, 0.3) is 11.1 Å². The number of H-pyrrole nitrogens is 2. The first-order valence-corrected chi connectivity index (χ1v) is 19.6. The molecule has 0 radical (unpaired) electrons. The predicted molar refractivity (Wildman–Crippen MR) is 156 cm³/mol. The molecule has 51 heavy (non-hydrogen) atoms. The molecule has 0 aliphatic carbocycles. The summed E-state index contributed by atoms with van der Waals surface area (Å²) in [6.07, 6.45) is -11.0. The number of phosphoric acid groups is 4. The van der Waals surface area contributed by atoms with Crippen LogP contribution < -0.4 is 16.8 Å². The van der Waals surface area contributed by atoms with Crippen molar-refractivity contribution >= 4 is 42.5 Å². The SMILES string of the molecule is O=c1ccn([C@@H]2O[C@H](COP(=O)(O)OP(=O)(O)OP(=O)(O)OP(=O)(O)OC[C@H]3O[C@H](n4cnc5c(=O)[nH]cnc54)[C@H](O)[C@@H]3O)[C@@H](O)[C@H]2O)c(=O)[nH]1. The van der Waals surface area contributed by atoms with Crippen molar-refractivity contribution in [2.24, 2.45) is 0 Å². The van der Waals surface area contributed by atoms with Gasteiger partial charge in [0, 0.05) is 12.3 Å². The number of hydrogen-bond donors (Lipinski definition) is 10. The molecule has 28 nitrogen and oxygen atoms in total. The summed E-state index contributed by atoms with van der Waals surface area (Å²) in [4.78, 5) is 86.2. The average Bonchev–Trinajstić information content (AvgIpc) is 3.64. The molecule has 4 unspecified atom stereocenters. The molecule has 0 amide bonds. The van der Waals surface area contributed by atoms with Crippen LogP contribution in [-0.2, 0) is 49.7 Å². The zero-order valence-corrected chi connectivity index (χ0v) is 28.3. The Kier molecular flexibility index (Phi) is 11.4. The molecule has 0 saturated carbocycles. The number of nitrogens with one attached hydrogen (secondary N) is 2. The van der Waals surface area contributed by atoms with E-state index < -0.39 is 110 Å². The Balaban J connectivity index is 1.14. The molecule has 3 aromatic rings. The van der Waals surface area contributed by atoms with Crippen molar-refractivity contribution in [1.82, 2.24) is 29.1 Å². The predicted octanol–water partition coefficient (Wildman–Crippen LogP) is -3.61. The molecule has 5 rings (SSSR count). The van der Waals surface area contributed by atoms with Crippen LogP contribution in [0.5, 0.6) is 0 Å². The highest BCUT2D eigenvalue weighted by Gasteiger charge is 2.50. The number of hydrogen-bond acceptors (Lipinski definition) is 20. The second-order valence-electron chi connectivity index (χ2n) is 10.4. The third kappa shape index (κ3) is 9.12. The van der Waals surface area contributed by atoms with Crippen molar-refractivity contribution in [3.8, 4) is 0 Å². The second-order valence-corrected chi connectivity index (χ2v) is 16.6. The van der Waals surface area contributed by atoms with E-state index in [0.717, 1.165) is 29.5 Å². The van der Waals surface area contributed by atoms with Crippen LogP contribution in [0.4, 0.5) is 0 Å². The number of aromatic amines is 2. The van der Waals surface area contributed by atoms with Crippen LogP contribution in [0.15, 0.2) is 39.3 Å². The fraction of sp³-hybridized carbons (Fsp3) is 0.526. The van der Waals surface area contributed by atoms with Crippen molar-refractivity contribution in [1.29, 1.82) is 0 Å². The normalized spacial score (nSPS) is 31.5. The lowest BCUT2D eigenvalue weighted by molar-refractivity contribution is -0.0542. The van der Waals surface area contributed by atoms with E-state index in [9.17, 15) is 72.6 Å². The molecule has 284 valence electrons. The van der Waals surface area contributed by atoms with Gasteiger partial charge in [0.05, 0.1) is 25.9 Å². The third-order valence-electron chi connectivity index (χ3n) is 6.86. The van der Waals surface area contributed by atoms with Crippen molar-refractivity contribution in [3.63, 3.8) is 0 Å². The minimum absolute atomic E-state index is 0.0860. The van der Waals surface area contributed by atoms with E-state index in [0.29, 0.717) is 4.57 Å². The molecule has 2 aliphatic heterocycles. The monoisotopic (exact) mass is 814 g/mol. The number of ether oxygens (including phenoxy) is 2. The van der Waals surface area contributed by atoms with Crippen LogP contribution in [0.1, 0.15) is 12.5 Å². The molecule has 0 spiro atoms. The van der Waals surface area contributed by atoms with Crippen LogP contribution in [-0.4, -0.2) is 119 Å². The molecular weight excluding hydrogens is 788 g/mol. The van der Waals surface area contributed by atoms with E-state index in [1.54, 1.807) is 0 Å². The maximum atomic E-state index is 12.3. The first kappa shape index (κ1) is 39.6. The number of aromatic nitrogens is 6. The van der Waals surface area contributed by atoms with Gasteiger partial charge in [-0.15, -0.1) is 0 Å². The van der Waals surface area contributed by atoms with Crippen LogP contribution in [0.3, 0.4) is 0 Å². The lowest BCUT2D eigenvalue weighted by Gasteiger charge is -2.21. The van der Waals surface area contributed by atoms with Crippen molar-refractivity contribution in [3.05, 3.63) is 56.1 Å². The number of rotatable bonds is 14. The zero-order valence-electron chi connectivity index (χ0n) is 24.7. The number of fused-ring (bicyclic) bond motifs is 1. The van der Waals surface area contributed by atoms with Crippen LogP contribution in [0.2, 0.25) is 0 Å². The van der Waals surface area contributed by atoms with Gasteiger partial charge in [-0.3, -0.25) is 32.8 Å². The summed E-state index contributed by atoms with van der Waals surface area (Å²) in [5.41, 5.74) is -2.78. The van der Waals surface area contributed by atoms with Crippen molar-refractivity contribution in [2.45, 2.75) is 49.1 Å². The lowest BCUT2D eigenvalue weighted by Crippen LogP contribution is -2.37. The van der Waals surface area contributed by atoms with Gasteiger partial charge >= 0.3 is 37.0 Å². The van der Waals surface area contributed by atoms with E-state index in [4.69, 9.17) is 9.47 Å². The summed E-state index contributed by atoms with van der Waals surface area (Å²) in [5.74, 6) is 0. The van der Waals surface area contributed by atoms with Gasteiger partial charge in [-0.2, -0.15) is 12.9 Å². The molecule has 3 aromatic heterocycles. The highest BCUT2D eigenvalue weighted by molar-refractivity contribution is 7.69. The molecule has 5 heterocycles. The molecule has 0 bridgehead atoms. The largest absolute Gasteiger partial charge is 0.490 e. The Morgan fingerprint density at radius 2 is 1.22 bits per heavy atom. The van der Waals surface area contributed by atoms with Crippen LogP contribution >= 0.6 is 31.3 Å². The summed E-state index contributed by atoms with van der Waals surface area (Å²) in [5, 5.41) is 41.2. The molecule has 2 saturated heterocycles. The van der Waals surface area contributed by atoms with E-state index in [-0.39, 0.29) is 11.2 Å². The third-order valence-corrected chi connectivity index (χ3v) is 12.8. The molecular formula is C19H26N6O22P4. The van der Waals surface area contributed by atoms with Gasteiger partial charge in [-0.1, -0.05) is 0 Å².